The van der Waals surface area contributed by atoms with Gasteiger partial charge >= 0.3 is 0 Å². The first-order chi connectivity index (χ1) is 10.6. The number of halogens is 1. The maximum absolute atomic E-state index is 12.6. The first-order valence-corrected chi connectivity index (χ1v) is 7.92. The number of carbonyl (C=O) groups excluding carboxylic acids is 1. The predicted octanol–water partition coefficient (Wildman–Crippen LogP) is 3.86. The number of benzene rings is 1. The lowest BCUT2D eigenvalue weighted by Gasteiger charge is -2.17. The van der Waals surface area contributed by atoms with E-state index in [0.717, 1.165) is 14.9 Å². The molecular weight excluding hydrogens is 318 g/mol. The van der Waals surface area contributed by atoms with E-state index in [0.29, 0.717) is 12.2 Å². The minimum atomic E-state index is -0.0779. The lowest BCUT2D eigenvalue weighted by molar-refractivity contribution is 0.0778. The average molecular weight is 332 g/mol. The van der Waals surface area contributed by atoms with Gasteiger partial charge in [0.1, 0.15) is 5.69 Å². The first-order valence-electron chi connectivity index (χ1n) is 6.72. The third-order valence-electron chi connectivity index (χ3n) is 3.26. The van der Waals surface area contributed by atoms with Crippen molar-refractivity contribution in [1.82, 2.24) is 14.5 Å². The number of hydrogen-bond donors (Lipinski definition) is 0. The van der Waals surface area contributed by atoms with Gasteiger partial charge in [0.05, 0.1) is 23.4 Å². The summed E-state index contributed by atoms with van der Waals surface area (Å²) in [6, 6.07) is 13.5. The molecule has 0 atom stereocenters. The van der Waals surface area contributed by atoms with Crippen LogP contribution in [0.15, 0.2) is 55.0 Å². The van der Waals surface area contributed by atoms with Gasteiger partial charge in [0.2, 0.25) is 0 Å². The highest BCUT2D eigenvalue weighted by Gasteiger charge is 2.18. The summed E-state index contributed by atoms with van der Waals surface area (Å²) < 4.78 is 2.52. The van der Waals surface area contributed by atoms with Crippen molar-refractivity contribution in [3.05, 3.63) is 69.9 Å². The van der Waals surface area contributed by atoms with Crippen LogP contribution in [-0.4, -0.2) is 27.4 Å². The SMILES string of the molecule is CN(Cc1ccc(Cl)s1)C(=O)c1cncn1-c1ccccc1. The van der Waals surface area contributed by atoms with E-state index < -0.39 is 0 Å². The van der Waals surface area contributed by atoms with Crippen molar-refractivity contribution in [1.29, 1.82) is 0 Å². The van der Waals surface area contributed by atoms with E-state index in [1.807, 2.05) is 42.5 Å². The van der Waals surface area contributed by atoms with Gasteiger partial charge in [-0.3, -0.25) is 9.36 Å². The molecule has 1 amide bonds. The molecule has 6 heteroatoms. The summed E-state index contributed by atoms with van der Waals surface area (Å²) >= 11 is 7.41. The molecule has 1 aromatic carbocycles. The maximum Gasteiger partial charge on any atom is 0.272 e. The number of para-hydroxylation sites is 1. The number of nitrogens with zero attached hydrogens (tertiary/aromatic N) is 3. The highest BCUT2D eigenvalue weighted by Crippen LogP contribution is 2.23. The van der Waals surface area contributed by atoms with Crippen LogP contribution in [0.5, 0.6) is 0 Å². The van der Waals surface area contributed by atoms with Crippen molar-refractivity contribution in [3.8, 4) is 5.69 Å². The molecule has 0 saturated heterocycles. The molecular formula is C16H14ClN3OS. The molecule has 0 radical (unpaired) electrons. The molecule has 3 aromatic rings. The zero-order valence-electron chi connectivity index (χ0n) is 11.9. The molecule has 0 unspecified atom stereocenters. The standard InChI is InChI=1S/C16H14ClN3OS/c1-19(10-13-7-8-15(17)22-13)16(21)14-9-18-11-20(14)12-5-3-2-4-6-12/h2-9,11H,10H2,1H3. The van der Waals surface area contributed by atoms with Crippen molar-refractivity contribution in [2.75, 3.05) is 7.05 Å². The summed E-state index contributed by atoms with van der Waals surface area (Å²) in [5, 5.41) is 0. The number of aromatic nitrogens is 2. The van der Waals surface area contributed by atoms with Crippen molar-refractivity contribution in [2.24, 2.45) is 0 Å². The van der Waals surface area contributed by atoms with E-state index in [1.54, 1.807) is 29.0 Å². The monoisotopic (exact) mass is 331 g/mol. The summed E-state index contributed by atoms with van der Waals surface area (Å²) in [4.78, 5) is 19.5. The number of imidazole rings is 1. The number of thiophene rings is 1. The molecule has 0 N–H and O–H groups in total. The van der Waals surface area contributed by atoms with Gasteiger partial charge in [-0.05, 0) is 24.3 Å². The van der Waals surface area contributed by atoms with Gasteiger partial charge in [-0.1, -0.05) is 29.8 Å². The maximum atomic E-state index is 12.6. The normalized spacial score (nSPS) is 10.6. The van der Waals surface area contributed by atoms with E-state index in [4.69, 9.17) is 11.6 Å². The van der Waals surface area contributed by atoms with E-state index in [2.05, 4.69) is 4.98 Å². The Balaban J connectivity index is 1.82. The van der Waals surface area contributed by atoms with E-state index >= 15 is 0 Å². The summed E-state index contributed by atoms with van der Waals surface area (Å²) in [7, 11) is 1.78. The summed E-state index contributed by atoms with van der Waals surface area (Å²) in [6.45, 7) is 0.524. The molecule has 0 fully saturated rings. The van der Waals surface area contributed by atoms with E-state index in [-0.39, 0.29) is 5.91 Å². The third-order valence-corrected chi connectivity index (χ3v) is 4.48. The molecule has 112 valence electrons. The van der Waals surface area contributed by atoms with Crippen LogP contribution in [0.4, 0.5) is 0 Å². The Morgan fingerprint density at radius 2 is 2.05 bits per heavy atom. The molecule has 0 bridgehead atoms. The Morgan fingerprint density at radius 1 is 1.27 bits per heavy atom. The van der Waals surface area contributed by atoms with Crippen molar-refractivity contribution in [2.45, 2.75) is 6.54 Å². The molecule has 0 aliphatic carbocycles. The van der Waals surface area contributed by atoms with E-state index in [9.17, 15) is 4.79 Å². The molecule has 4 nitrogen and oxygen atoms in total. The van der Waals surface area contributed by atoms with Gasteiger partial charge in [-0.25, -0.2) is 4.98 Å². The van der Waals surface area contributed by atoms with Gasteiger partial charge in [-0.2, -0.15) is 0 Å². The van der Waals surface area contributed by atoms with Crippen LogP contribution >= 0.6 is 22.9 Å². The fraction of sp³-hybridized carbons (Fsp3) is 0.125. The smallest absolute Gasteiger partial charge is 0.272 e. The van der Waals surface area contributed by atoms with E-state index in [1.165, 1.54) is 11.3 Å². The summed E-state index contributed by atoms with van der Waals surface area (Å²) in [5.74, 6) is -0.0779. The molecule has 0 saturated carbocycles. The largest absolute Gasteiger partial charge is 0.335 e. The van der Waals surface area contributed by atoms with Gasteiger partial charge in [-0.15, -0.1) is 11.3 Å². The minimum Gasteiger partial charge on any atom is -0.335 e. The number of amides is 1. The Kier molecular flexibility index (Phi) is 4.27. The topological polar surface area (TPSA) is 38.1 Å². The summed E-state index contributed by atoms with van der Waals surface area (Å²) in [6.07, 6.45) is 3.24. The van der Waals surface area contributed by atoms with Gasteiger partial charge in [0.15, 0.2) is 0 Å². The summed E-state index contributed by atoms with van der Waals surface area (Å²) in [5.41, 5.74) is 1.45. The van der Waals surface area contributed by atoms with Crippen LogP contribution in [0.1, 0.15) is 15.4 Å². The molecule has 22 heavy (non-hydrogen) atoms. The van der Waals surface area contributed by atoms with Crippen LogP contribution in [0.25, 0.3) is 5.69 Å². The average Bonchev–Trinajstić information content (AvgIpc) is 3.16. The first kappa shape index (κ1) is 14.8. The Labute approximate surface area is 137 Å². The number of hydrogen-bond acceptors (Lipinski definition) is 3. The fourth-order valence-electron chi connectivity index (χ4n) is 2.19. The van der Waals surface area contributed by atoms with Crippen LogP contribution in [0.2, 0.25) is 4.34 Å². The molecule has 0 spiro atoms. The zero-order chi connectivity index (χ0) is 15.5. The van der Waals surface area contributed by atoms with Gasteiger partial charge in [0.25, 0.3) is 5.91 Å². The molecule has 2 aromatic heterocycles. The van der Waals surface area contributed by atoms with Crippen molar-refractivity contribution in [3.63, 3.8) is 0 Å². The highest BCUT2D eigenvalue weighted by molar-refractivity contribution is 7.16. The Morgan fingerprint density at radius 3 is 2.73 bits per heavy atom. The lowest BCUT2D eigenvalue weighted by atomic mass is 10.3. The molecule has 0 aliphatic heterocycles. The van der Waals surface area contributed by atoms with Crippen LogP contribution in [0, 0.1) is 0 Å². The minimum absolute atomic E-state index is 0.0779. The molecule has 0 aliphatic rings. The number of carbonyl (C=O) groups is 1. The van der Waals surface area contributed by atoms with Gasteiger partial charge < -0.3 is 4.90 Å². The van der Waals surface area contributed by atoms with Gasteiger partial charge in [0, 0.05) is 17.6 Å². The second kappa shape index (κ2) is 6.34. The Hall–Kier alpha value is -2.11. The van der Waals surface area contributed by atoms with Crippen molar-refractivity contribution >= 4 is 28.8 Å². The second-order valence-electron chi connectivity index (χ2n) is 4.85. The lowest BCUT2D eigenvalue weighted by Crippen LogP contribution is -2.27. The predicted molar refractivity (Wildman–Crippen MR) is 88.7 cm³/mol. The number of rotatable bonds is 4. The molecule has 3 rings (SSSR count). The highest BCUT2D eigenvalue weighted by atomic mass is 35.5. The zero-order valence-corrected chi connectivity index (χ0v) is 13.5. The third kappa shape index (κ3) is 3.05. The Bertz CT molecular complexity index is 782. The quantitative estimate of drug-likeness (QED) is 0.728. The van der Waals surface area contributed by atoms with Crippen LogP contribution in [0.3, 0.4) is 0 Å². The second-order valence-corrected chi connectivity index (χ2v) is 6.65. The molecule has 2 heterocycles. The van der Waals surface area contributed by atoms with Crippen LogP contribution in [-0.2, 0) is 6.54 Å². The van der Waals surface area contributed by atoms with Crippen molar-refractivity contribution < 1.29 is 4.79 Å². The van der Waals surface area contributed by atoms with Crippen LogP contribution < -0.4 is 0 Å². The fourth-order valence-corrected chi connectivity index (χ4v) is 3.33.